The molecule has 25 heavy (non-hydrogen) atoms. The van der Waals surface area contributed by atoms with E-state index in [1.54, 1.807) is 0 Å². The Labute approximate surface area is 143 Å². The highest BCUT2D eigenvalue weighted by Crippen LogP contribution is 2.11. The van der Waals surface area contributed by atoms with E-state index in [9.17, 15) is 19.2 Å². The van der Waals surface area contributed by atoms with Crippen LogP contribution in [0, 0.1) is 0 Å². The van der Waals surface area contributed by atoms with E-state index in [4.69, 9.17) is 10.5 Å². The smallest absolute Gasteiger partial charge is 0.338 e. The molecule has 2 aromatic rings. The Kier molecular flexibility index (Phi) is 5.62. The fourth-order valence-electron chi connectivity index (χ4n) is 1.94. The Morgan fingerprint density at radius 1 is 1.00 bits per heavy atom. The number of hydrogen-bond acceptors (Lipinski definition) is 5. The second kappa shape index (κ2) is 7.87. The lowest BCUT2D eigenvalue weighted by molar-refractivity contribution is -0.123. The molecule has 128 valence electrons. The molecule has 0 aliphatic heterocycles. The maximum Gasteiger partial charge on any atom is 0.338 e. The molecule has 3 N–H and O–H groups in total. The Morgan fingerprint density at radius 2 is 1.56 bits per heavy atom. The average Bonchev–Trinajstić information content (AvgIpc) is 2.62. The number of primary amides is 1. The fourth-order valence-corrected chi connectivity index (χ4v) is 1.94. The molecule has 2 aromatic carbocycles. The number of carbonyl (C=O) groups is 4. The zero-order chi connectivity index (χ0) is 18.4. The van der Waals surface area contributed by atoms with Gasteiger partial charge in [0, 0.05) is 16.8 Å². The average molecular weight is 340 g/mol. The number of nitrogens with one attached hydrogen (secondary N) is 1. The van der Waals surface area contributed by atoms with Crippen molar-refractivity contribution in [1.82, 2.24) is 0 Å². The molecule has 0 aliphatic rings. The van der Waals surface area contributed by atoms with Crippen LogP contribution in [-0.2, 0) is 9.53 Å². The summed E-state index contributed by atoms with van der Waals surface area (Å²) in [6.45, 7) is 1.44. The van der Waals surface area contributed by atoms with Crippen molar-refractivity contribution in [2.24, 2.45) is 5.73 Å². The quantitative estimate of drug-likeness (QED) is 0.614. The first-order valence-electron chi connectivity index (χ1n) is 7.37. The van der Waals surface area contributed by atoms with Crippen molar-refractivity contribution in [1.29, 1.82) is 0 Å². The van der Waals surface area contributed by atoms with E-state index in [0.717, 1.165) is 0 Å². The Bertz CT molecular complexity index is 797. The zero-order valence-corrected chi connectivity index (χ0v) is 13.4. The first-order chi connectivity index (χ1) is 11.9. The van der Waals surface area contributed by atoms with Gasteiger partial charge in [0.1, 0.15) is 6.29 Å². The molecular weight excluding hydrogens is 324 g/mol. The third-order valence-electron chi connectivity index (χ3n) is 3.37. The van der Waals surface area contributed by atoms with E-state index in [0.29, 0.717) is 23.1 Å². The minimum atomic E-state index is -1.03. The van der Waals surface area contributed by atoms with E-state index in [-0.39, 0.29) is 5.56 Å². The van der Waals surface area contributed by atoms with E-state index in [2.05, 4.69) is 5.32 Å². The summed E-state index contributed by atoms with van der Waals surface area (Å²) in [5, 5.41) is 2.57. The van der Waals surface area contributed by atoms with Gasteiger partial charge in [-0.05, 0) is 43.3 Å². The lowest BCUT2D eigenvalue weighted by Crippen LogP contribution is -2.30. The summed E-state index contributed by atoms with van der Waals surface area (Å²) in [5.74, 6) is -1.77. The van der Waals surface area contributed by atoms with Crippen LogP contribution in [0.4, 0.5) is 5.69 Å². The first-order valence-corrected chi connectivity index (χ1v) is 7.37. The van der Waals surface area contributed by atoms with Crippen LogP contribution in [0.1, 0.15) is 38.0 Å². The van der Waals surface area contributed by atoms with E-state index < -0.39 is 23.9 Å². The number of amides is 2. The van der Waals surface area contributed by atoms with Gasteiger partial charge in [0.15, 0.2) is 6.10 Å². The number of hydrogen-bond donors (Lipinski definition) is 2. The molecule has 7 nitrogen and oxygen atoms in total. The van der Waals surface area contributed by atoms with Crippen molar-refractivity contribution in [3.8, 4) is 0 Å². The van der Waals surface area contributed by atoms with Crippen LogP contribution in [0.2, 0.25) is 0 Å². The van der Waals surface area contributed by atoms with Crippen LogP contribution in [0.15, 0.2) is 48.5 Å². The van der Waals surface area contributed by atoms with Gasteiger partial charge in [0.2, 0.25) is 5.91 Å². The molecule has 0 aliphatic carbocycles. The van der Waals surface area contributed by atoms with Crippen LogP contribution in [0.5, 0.6) is 0 Å². The summed E-state index contributed by atoms with van der Waals surface area (Å²) in [7, 11) is 0. The number of aldehydes is 1. The van der Waals surface area contributed by atoms with Crippen LogP contribution < -0.4 is 11.1 Å². The van der Waals surface area contributed by atoms with Gasteiger partial charge in [-0.3, -0.25) is 14.4 Å². The SMILES string of the molecule is C[C@H](OC(=O)c1ccc(C=O)cc1)C(=O)Nc1ccc(C(N)=O)cc1. The number of rotatable bonds is 6. The monoisotopic (exact) mass is 340 g/mol. The molecular formula is C18H16N2O5. The van der Waals surface area contributed by atoms with Gasteiger partial charge in [-0.15, -0.1) is 0 Å². The number of nitrogens with two attached hydrogens (primary N) is 1. The summed E-state index contributed by atoms with van der Waals surface area (Å²) in [4.78, 5) is 45.7. The van der Waals surface area contributed by atoms with Gasteiger partial charge < -0.3 is 15.8 Å². The largest absolute Gasteiger partial charge is 0.449 e. The highest BCUT2D eigenvalue weighted by molar-refractivity contribution is 5.98. The number of carbonyl (C=O) groups excluding carboxylic acids is 4. The molecule has 0 heterocycles. The first kappa shape index (κ1) is 17.9. The maximum absolute atomic E-state index is 12.1. The fraction of sp³-hybridized carbons (Fsp3) is 0.111. The molecule has 0 spiro atoms. The van der Waals surface area contributed by atoms with Crippen LogP contribution in [0.3, 0.4) is 0 Å². The summed E-state index contributed by atoms with van der Waals surface area (Å²) < 4.78 is 5.09. The van der Waals surface area contributed by atoms with Gasteiger partial charge in [-0.1, -0.05) is 12.1 Å². The summed E-state index contributed by atoms with van der Waals surface area (Å²) in [6.07, 6.45) is -0.372. The van der Waals surface area contributed by atoms with Crippen molar-refractivity contribution in [2.75, 3.05) is 5.32 Å². The molecule has 2 rings (SSSR count). The minimum absolute atomic E-state index is 0.232. The second-order valence-corrected chi connectivity index (χ2v) is 5.22. The van der Waals surface area contributed by atoms with Crippen molar-refractivity contribution >= 4 is 29.8 Å². The summed E-state index contributed by atoms with van der Waals surface area (Å²) >= 11 is 0. The number of benzene rings is 2. The summed E-state index contributed by atoms with van der Waals surface area (Å²) in [6, 6.07) is 11.8. The topological polar surface area (TPSA) is 116 Å². The molecule has 0 unspecified atom stereocenters. The Balaban J connectivity index is 1.95. The van der Waals surface area contributed by atoms with Crippen molar-refractivity contribution in [2.45, 2.75) is 13.0 Å². The van der Waals surface area contributed by atoms with Crippen molar-refractivity contribution in [3.63, 3.8) is 0 Å². The van der Waals surface area contributed by atoms with Crippen LogP contribution in [0.25, 0.3) is 0 Å². The second-order valence-electron chi connectivity index (χ2n) is 5.22. The lowest BCUT2D eigenvalue weighted by Gasteiger charge is -2.13. The molecule has 0 saturated heterocycles. The molecule has 0 bridgehead atoms. The van der Waals surface area contributed by atoms with E-state index in [1.807, 2.05) is 0 Å². The molecule has 0 aromatic heterocycles. The Morgan fingerprint density at radius 3 is 2.08 bits per heavy atom. The molecule has 7 heteroatoms. The van der Waals surface area contributed by atoms with Gasteiger partial charge in [0.05, 0.1) is 5.56 Å². The molecule has 0 radical (unpaired) electrons. The van der Waals surface area contributed by atoms with Gasteiger partial charge >= 0.3 is 5.97 Å². The molecule has 0 fully saturated rings. The van der Waals surface area contributed by atoms with Gasteiger partial charge in [-0.25, -0.2) is 4.79 Å². The number of ether oxygens (including phenoxy) is 1. The van der Waals surface area contributed by atoms with Gasteiger partial charge in [-0.2, -0.15) is 0 Å². The predicted molar refractivity (Wildman–Crippen MR) is 90.3 cm³/mol. The summed E-state index contributed by atoms with van der Waals surface area (Å²) in [5.41, 5.74) is 6.56. The van der Waals surface area contributed by atoms with Crippen LogP contribution in [-0.4, -0.2) is 30.2 Å². The third-order valence-corrected chi connectivity index (χ3v) is 3.37. The minimum Gasteiger partial charge on any atom is -0.449 e. The zero-order valence-electron chi connectivity index (χ0n) is 13.4. The molecule has 1 atom stereocenters. The number of anilines is 1. The normalized spacial score (nSPS) is 11.2. The third kappa shape index (κ3) is 4.74. The highest BCUT2D eigenvalue weighted by Gasteiger charge is 2.19. The van der Waals surface area contributed by atoms with E-state index >= 15 is 0 Å². The van der Waals surface area contributed by atoms with Crippen molar-refractivity contribution in [3.05, 3.63) is 65.2 Å². The molecule has 2 amide bonds. The lowest BCUT2D eigenvalue weighted by atomic mass is 10.1. The highest BCUT2D eigenvalue weighted by atomic mass is 16.5. The predicted octanol–water partition coefficient (Wildman–Crippen LogP) is 1.78. The molecule has 0 saturated carbocycles. The van der Waals surface area contributed by atoms with Crippen molar-refractivity contribution < 1.29 is 23.9 Å². The Hall–Kier alpha value is -3.48. The standard InChI is InChI=1S/C18H16N2O5/c1-11(25-18(24)14-4-2-12(10-21)3-5-14)17(23)20-15-8-6-13(7-9-15)16(19)22/h2-11H,1H3,(H2,19,22)(H,20,23)/t11-/m0/s1. The number of esters is 1. The van der Waals surface area contributed by atoms with Gasteiger partial charge in [0.25, 0.3) is 5.91 Å². The van der Waals surface area contributed by atoms with E-state index in [1.165, 1.54) is 55.5 Å². The van der Waals surface area contributed by atoms with Crippen LogP contribution >= 0.6 is 0 Å². The maximum atomic E-state index is 12.1.